The van der Waals surface area contributed by atoms with Gasteiger partial charge in [0.1, 0.15) is 11.2 Å². The molecule has 7 aromatic carbocycles. The molecule has 5 heteroatoms. The van der Waals surface area contributed by atoms with Crippen LogP contribution in [0, 0.1) is 0 Å². The molecule has 0 saturated carbocycles. The van der Waals surface area contributed by atoms with E-state index in [1.807, 2.05) is 35.6 Å². The highest BCUT2D eigenvalue weighted by Gasteiger charge is 2.21. The lowest BCUT2D eigenvalue weighted by molar-refractivity contribution is 0.668. The van der Waals surface area contributed by atoms with Crippen LogP contribution in [0.2, 0.25) is 0 Å². The van der Waals surface area contributed by atoms with E-state index in [1.165, 1.54) is 42.0 Å². The van der Waals surface area contributed by atoms with Crippen molar-refractivity contribution < 1.29 is 4.42 Å². The average molecular weight is 644 g/mol. The molecule has 4 aromatic heterocycles. The van der Waals surface area contributed by atoms with Gasteiger partial charge in [-0.3, -0.25) is 0 Å². The largest absolute Gasteiger partial charge is 0.456 e. The van der Waals surface area contributed by atoms with Gasteiger partial charge in [-0.15, -0.1) is 11.3 Å². The monoisotopic (exact) mass is 643 g/mol. The zero-order valence-electron chi connectivity index (χ0n) is 26.1. The molecular weight excluding hydrogens is 619 g/mol. The van der Waals surface area contributed by atoms with Crippen molar-refractivity contribution in [2.75, 3.05) is 0 Å². The van der Waals surface area contributed by atoms with Gasteiger partial charge in [0.05, 0.1) is 22.2 Å². The van der Waals surface area contributed by atoms with Crippen LogP contribution in [0.3, 0.4) is 0 Å². The SMILES string of the molecule is c1ccc(-c2nc(-c3cccc4c3sc3c4ccc4c3c3ccccc3n4-c3ccc4c(c3)oc3ccccc34)nc3ccccc23)cc1. The molecule has 0 spiro atoms. The Bertz CT molecular complexity index is 3110. The van der Waals surface area contributed by atoms with Crippen molar-refractivity contribution in [3.05, 3.63) is 152 Å². The fraction of sp³-hybridized carbons (Fsp3) is 0. The molecule has 11 rings (SSSR count). The van der Waals surface area contributed by atoms with Gasteiger partial charge in [-0.05, 0) is 42.5 Å². The van der Waals surface area contributed by atoms with E-state index in [0.717, 1.165) is 61.2 Å². The number of rotatable bonds is 3. The van der Waals surface area contributed by atoms with Crippen LogP contribution in [0.1, 0.15) is 0 Å². The zero-order valence-corrected chi connectivity index (χ0v) is 26.9. The van der Waals surface area contributed by atoms with E-state index in [2.05, 4.69) is 132 Å². The number of hydrogen-bond donors (Lipinski definition) is 0. The Morgan fingerprint density at radius 2 is 1.20 bits per heavy atom. The van der Waals surface area contributed by atoms with Gasteiger partial charge in [0, 0.05) is 70.0 Å². The number of para-hydroxylation sites is 3. The summed E-state index contributed by atoms with van der Waals surface area (Å²) in [7, 11) is 0. The maximum atomic E-state index is 6.32. The molecule has 4 nitrogen and oxygen atoms in total. The van der Waals surface area contributed by atoms with Crippen LogP contribution < -0.4 is 0 Å². The van der Waals surface area contributed by atoms with Gasteiger partial charge in [-0.2, -0.15) is 0 Å². The Kier molecular flexibility index (Phi) is 5.51. The summed E-state index contributed by atoms with van der Waals surface area (Å²) >= 11 is 1.84. The smallest absolute Gasteiger partial charge is 0.161 e. The van der Waals surface area contributed by atoms with Crippen LogP contribution in [-0.2, 0) is 0 Å². The van der Waals surface area contributed by atoms with Crippen molar-refractivity contribution >= 4 is 86.2 Å². The summed E-state index contributed by atoms with van der Waals surface area (Å²) < 4.78 is 11.2. The second kappa shape index (κ2) is 10.1. The van der Waals surface area contributed by atoms with E-state index < -0.39 is 0 Å². The van der Waals surface area contributed by atoms with Gasteiger partial charge < -0.3 is 8.98 Å². The Morgan fingerprint density at radius 1 is 0.490 bits per heavy atom. The van der Waals surface area contributed by atoms with Crippen LogP contribution >= 0.6 is 11.3 Å². The van der Waals surface area contributed by atoms with Gasteiger partial charge in [-0.25, -0.2) is 9.97 Å². The minimum absolute atomic E-state index is 0.743. The number of benzene rings is 7. The van der Waals surface area contributed by atoms with Gasteiger partial charge in [0.15, 0.2) is 5.82 Å². The third-order valence-electron chi connectivity index (χ3n) is 9.81. The Morgan fingerprint density at radius 3 is 2.12 bits per heavy atom. The molecule has 228 valence electrons. The normalized spacial score (nSPS) is 12.1. The molecule has 0 bridgehead atoms. The molecule has 0 radical (unpaired) electrons. The lowest BCUT2D eigenvalue weighted by atomic mass is 10.0. The van der Waals surface area contributed by atoms with E-state index >= 15 is 0 Å². The van der Waals surface area contributed by atoms with E-state index in [9.17, 15) is 0 Å². The van der Waals surface area contributed by atoms with E-state index in [0.29, 0.717) is 0 Å². The molecule has 0 aliphatic carbocycles. The third kappa shape index (κ3) is 3.85. The zero-order chi connectivity index (χ0) is 32.1. The lowest BCUT2D eigenvalue weighted by Gasteiger charge is -2.10. The topological polar surface area (TPSA) is 43.9 Å². The summed E-state index contributed by atoms with van der Waals surface area (Å²) in [5.74, 6) is 0.743. The standard InChI is InChI=1S/C44H25N3OS/c1-2-11-26(12-3-1)41-32-14-4-7-18-35(32)45-44(46-41)34-17-10-16-30-31-23-24-37-40(43(31)49-42(30)34)33-15-5-8-19-36(33)47(37)27-21-22-29-28-13-6-9-20-38(28)48-39(29)25-27/h1-25H. The quantitative estimate of drug-likeness (QED) is 0.192. The first-order chi connectivity index (χ1) is 24.3. The van der Waals surface area contributed by atoms with Crippen molar-refractivity contribution in [1.82, 2.24) is 14.5 Å². The first kappa shape index (κ1) is 26.7. The molecule has 49 heavy (non-hydrogen) atoms. The van der Waals surface area contributed by atoms with Crippen molar-refractivity contribution in [2.45, 2.75) is 0 Å². The first-order valence-electron chi connectivity index (χ1n) is 16.4. The van der Waals surface area contributed by atoms with Gasteiger partial charge in [0.25, 0.3) is 0 Å². The number of thiophene rings is 1. The summed E-state index contributed by atoms with van der Waals surface area (Å²) in [6, 6.07) is 53.4. The summed E-state index contributed by atoms with van der Waals surface area (Å²) in [6.45, 7) is 0. The second-order valence-corrected chi connectivity index (χ2v) is 13.6. The summed E-state index contributed by atoms with van der Waals surface area (Å²) in [5, 5.41) is 8.28. The summed E-state index contributed by atoms with van der Waals surface area (Å²) in [5.41, 5.74) is 9.25. The van der Waals surface area contributed by atoms with Crippen LogP contribution in [0.4, 0.5) is 0 Å². The number of furan rings is 1. The highest BCUT2D eigenvalue weighted by atomic mass is 32.1. The van der Waals surface area contributed by atoms with Crippen LogP contribution in [0.5, 0.6) is 0 Å². The number of hydrogen-bond acceptors (Lipinski definition) is 4. The molecule has 0 aliphatic rings. The number of nitrogens with zero attached hydrogens (tertiary/aromatic N) is 3. The highest BCUT2D eigenvalue weighted by Crippen LogP contribution is 2.46. The van der Waals surface area contributed by atoms with Crippen molar-refractivity contribution in [3.8, 4) is 28.3 Å². The van der Waals surface area contributed by atoms with Crippen LogP contribution in [-0.4, -0.2) is 14.5 Å². The molecule has 0 N–H and O–H groups in total. The molecule has 0 fully saturated rings. The predicted octanol–water partition coefficient (Wildman–Crippen LogP) is 12.3. The number of fused-ring (bicyclic) bond motifs is 11. The second-order valence-electron chi connectivity index (χ2n) is 12.5. The molecule has 0 aliphatic heterocycles. The molecule has 11 aromatic rings. The lowest BCUT2D eigenvalue weighted by Crippen LogP contribution is -1.95. The maximum Gasteiger partial charge on any atom is 0.161 e. The molecular formula is C44H25N3OS. The van der Waals surface area contributed by atoms with Gasteiger partial charge in [-0.1, -0.05) is 103 Å². The molecule has 0 unspecified atom stereocenters. The van der Waals surface area contributed by atoms with Crippen molar-refractivity contribution in [2.24, 2.45) is 0 Å². The average Bonchev–Trinajstić information content (AvgIpc) is 3.83. The van der Waals surface area contributed by atoms with Gasteiger partial charge in [0.2, 0.25) is 0 Å². The van der Waals surface area contributed by atoms with Crippen LogP contribution in [0.15, 0.2) is 156 Å². The Balaban J connectivity index is 1.17. The minimum atomic E-state index is 0.743. The van der Waals surface area contributed by atoms with E-state index in [-0.39, 0.29) is 0 Å². The van der Waals surface area contributed by atoms with E-state index in [4.69, 9.17) is 14.4 Å². The van der Waals surface area contributed by atoms with Gasteiger partial charge >= 0.3 is 0 Å². The molecule has 4 heterocycles. The Hall–Kier alpha value is -6.30. The molecule has 0 atom stereocenters. The minimum Gasteiger partial charge on any atom is -0.456 e. The van der Waals surface area contributed by atoms with Crippen molar-refractivity contribution in [1.29, 1.82) is 0 Å². The summed E-state index contributed by atoms with van der Waals surface area (Å²) in [4.78, 5) is 10.4. The third-order valence-corrected chi connectivity index (χ3v) is 11.1. The predicted molar refractivity (Wildman–Crippen MR) is 205 cm³/mol. The Labute approximate surface area is 284 Å². The first-order valence-corrected chi connectivity index (χ1v) is 17.2. The fourth-order valence-electron chi connectivity index (χ4n) is 7.63. The fourth-order valence-corrected chi connectivity index (χ4v) is 8.99. The molecule has 0 amide bonds. The van der Waals surface area contributed by atoms with Crippen LogP contribution in [0.25, 0.3) is 103 Å². The summed E-state index contributed by atoms with van der Waals surface area (Å²) in [6.07, 6.45) is 0. The van der Waals surface area contributed by atoms with E-state index in [1.54, 1.807) is 0 Å². The highest BCUT2D eigenvalue weighted by molar-refractivity contribution is 7.27. The maximum absolute atomic E-state index is 6.32. The van der Waals surface area contributed by atoms with Crippen molar-refractivity contribution in [3.63, 3.8) is 0 Å². The number of aromatic nitrogens is 3. The molecule has 0 saturated heterocycles.